The zero-order chi connectivity index (χ0) is 15.2. The lowest BCUT2D eigenvalue weighted by Gasteiger charge is -2.10. The van der Waals surface area contributed by atoms with Crippen molar-refractivity contribution < 1.29 is 9.53 Å². The standard InChI is InChI=1S/C15H14Cl2N2O2/c1-2-21-15(20)19-12-6-4-11(5-7-12)18-14-9-10(16)3-8-13(14)17/h3-9,18H,2H2,1H3,(H,19,20). The molecule has 0 aromatic heterocycles. The highest BCUT2D eigenvalue weighted by atomic mass is 35.5. The Kier molecular flexibility index (Phi) is 5.31. The lowest BCUT2D eigenvalue weighted by molar-refractivity contribution is 0.168. The Morgan fingerprint density at radius 3 is 2.43 bits per heavy atom. The van der Waals surface area contributed by atoms with Gasteiger partial charge in [-0.3, -0.25) is 5.32 Å². The van der Waals surface area contributed by atoms with Gasteiger partial charge in [0.25, 0.3) is 0 Å². The Morgan fingerprint density at radius 1 is 1.10 bits per heavy atom. The van der Waals surface area contributed by atoms with Crippen molar-refractivity contribution in [3.8, 4) is 0 Å². The van der Waals surface area contributed by atoms with E-state index in [-0.39, 0.29) is 0 Å². The molecule has 0 bridgehead atoms. The van der Waals surface area contributed by atoms with Crippen molar-refractivity contribution in [1.82, 2.24) is 0 Å². The summed E-state index contributed by atoms with van der Waals surface area (Å²) in [7, 11) is 0. The van der Waals surface area contributed by atoms with Crippen LogP contribution in [-0.2, 0) is 4.74 Å². The number of carbonyl (C=O) groups excluding carboxylic acids is 1. The molecule has 0 heterocycles. The van der Waals surface area contributed by atoms with E-state index < -0.39 is 6.09 Å². The molecule has 0 aliphatic rings. The van der Waals surface area contributed by atoms with Crippen molar-refractivity contribution >= 4 is 46.4 Å². The van der Waals surface area contributed by atoms with E-state index in [1.54, 1.807) is 37.3 Å². The van der Waals surface area contributed by atoms with Crippen LogP contribution in [0.1, 0.15) is 6.92 Å². The van der Waals surface area contributed by atoms with Crippen LogP contribution in [0, 0.1) is 0 Å². The van der Waals surface area contributed by atoms with Gasteiger partial charge in [-0.15, -0.1) is 0 Å². The number of rotatable bonds is 4. The minimum Gasteiger partial charge on any atom is -0.450 e. The molecule has 6 heteroatoms. The average molecular weight is 325 g/mol. The molecule has 0 aliphatic heterocycles. The zero-order valence-corrected chi connectivity index (χ0v) is 12.8. The van der Waals surface area contributed by atoms with Gasteiger partial charge in [0.05, 0.1) is 17.3 Å². The number of carbonyl (C=O) groups is 1. The Morgan fingerprint density at radius 2 is 1.76 bits per heavy atom. The Labute approximate surface area is 133 Å². The topological polar surface area (TPSA) is 50.4 Å². The first-order chi connectivity index (χ1) is 10.1. The molecule has 0 aliphatic carbocycles. The SMILES string of the molecule is CCOC(=O)Nc1ccc(Nc2cc(Cl)ccc2Cl)cc1. The fourth-order valence-corrected chi connectivity index (χ4v) is 2.01. The van der Waals surface area contributed by atoms with Crippen LogP contribution in [0.2, 0.25) is 10.0 Å². The van der Waals surface area contributed by atoms with Crippen molar-refractivity contribution in [1.29, 1.82) is 0 Å². The minimum atomic E-state index is -0.476. The van der Waals surface area contributed by atoms with Gasteiger partial charge in [-0.1, -0.05) is 23.2 Å². The molecule has 0 atom stereocenters. The number of hydrogen-bond acceptors (Lipinski definition) is 3. The Hall–Kier alpha value is -1.91. The second-order valence-corrected chi connectivity index (χ2v) is 5.02. The van der Waals surface area contributed by atoms with Crippen LogP contribution in [-0.4, -0.2) is 12.7 Å². The van der Waals surface area contributed by atoms with E-state index in [0.717, 1.165) is 11.4 Å². The molecule has 110 valence electrons. The molecule has 0 saturated heterocycles. The van der Waals surface area contributed by atoms with Crippen LogP contribution < -0.4 is 10.6 Å². The summed E-state index contributed by atoms with van der Waals surface area (Å²) < 4.78 is 4.80. The van der Waals surface area contributed by atoms with E-state index in [9.17, 15) is 4.79 Å². The van der Waals surface area contributed by atoms with E-state index in [4.69, 9.17) is 27.9 Å². The van der Waals surface area contributed by atoms with Crippen molar-refractivity contribution in [2.24, 2.45) is 0 Å². The van der Waals surface area contributed by atoms with Crippen molar-refractivity contribution in [3.63, 3.8) is 0 Å². The van der Waals surface area contributed by atoms with Crippen LogP contribution in [0.4, 0.5) is 21.9 Å². The summed E-state index contributed by atoms with van der Waals surface area (Å²) in [6.45, 7) is 2.08. The highest BCUT2D eigenvalue weighted by Gasteiger charge is 2.04. The van der Waals surface area contributed by atoms with E-state index in [1.807, 2.05) is 12.1 Å². The predicted octanol–water partition coefficient (Wildman–Crippen LogP) is 5.31. The summed E-state index contributed by atoms with van der Waals surface area (Å²) in [5.74, 6) is 0. The van der Waals surface area contributed by atoms with Crippen LogP contribution in [0.5, 0.6) is 0 Å². The second kappa shape index (κ2) is 7.20. The van der Waals surface area contributed by atoms with Crippen molar-refractivity contribution in [2.75, 3.05) is 17.2 Å². The van der Waals surface area contributed by atoms with Gasteiger partial charge in [0.2, 0.25) is 0 Å². The maximum Gasteiger partial charge on any atom is 0.411 e. The zero-order valence-electron chi connectivity index (χ0n) is 11.3. The minimum absolute atomic E-state index is 0.332. The van der Waals surface area contributed by atoms with Gasteiger partial charge in [-0.05, 0) is 49.4 Å². The first-order valence-corrected chi connectivity index (χ1v) is 7.10. The molecule has 0 fully saturated rings. The maximum atomic E-state index is 11.3. The molecule has 0 spiro atoms. The quantitative estimate of drug-likeness (QED) is 0.801. The summed E-state index contributed by atoms with van der Waals surface area (Å²) >= 11 is 12.0. The third-order valence-electron chi connectivity index (χ3n) is 2.61. The van der Waals surface area contributed by atoms with E-state index >= 15 is 0 Å². The van der Waals surface area contributed by atoms with Gasteiger partial charge in [0.15, 0.2) is 0 Å². The maximum absolute atomic E-state index is 11.3. The molecule has 2 N–H and O–H groups in total. The van der Waals surface area contributed by atoms with E-state index in [0.29, 0.717) is 22.3 Å². The molecule has 1 amide bonds. The third kappa shape index (κ3) is 4.55. The first-order valence-electron chi connectivity index (χ1n) is 6.34. The summed E-state index contributed by atoms with van der Waals surface area (Å²) in [6.07, 6.45) is -0.476. The van der Waals surface area contributed by atoms with Crippen LogP contribution in [0.3, 0.4) is 0 Å². The first kappa shape index (κ1) is 15.5. The molecule has 0 radical (unpaired) electrons. The molecule has 21 heavy (non-hydrogen) atoms. The number of hydrogen-bond donors (Lipinski definition) is 2. The lowest BCUT2D eigenvalue weighted by atomic mass is 10.2. The van der Waals surface area contributed by atoms with E-state index in [1.165, 1.54) is 0 Å². The summed E-state index contributed by atoms with van der Waals surface area (Å²) in [5.41, 5.74) is 2.19. The molecular weight excluding hydrogens is 311 g/mol. The molecule has 4 nitrogen and oxygen atoms in total. The van der Waals surface area contributed by atoms with Gasteiger partial charge in [0.1, 0.15) is 0 Å². The second-order valence-electron chi connectivity index (χ2n) is 4.17. The van der Waals surface area contributed by atoms with E-state index in [2.05, 4.69) is 10.6 Å². The Bertz CT molecular complexity index is 630. The third-order valence-corrected chi connectivity index (χ3v) is 3.18. The monoisotopic (exact) mass is 324 g/mol. The van der Waals surface area contributed by atoms with Crippen LogP contribution in [0.25, 0.3) is 0 Å². The van der Waals surface area contributed by atoms with Gasteiger partial charge in [-0.2, -0.15) is 0 Å². The lowest BCUT2D eigenvalue weighted by Crippen LogP contribution is -2.13. The van der Waals surface area contributed by atoms with Crippen LogP contribution in [0.15, 0.2) is 42.5 Å². The summed E-state index contributed by atoms with van der Waals surface area (Å²) in [5, 5.41) is 6.95. The molecular formula is C15H14Cl2N2O2. The average Bonchev–Trinajstić information content (AvgIpc) is 2.45. The fraction of sp³-hybridized carbons (Fsp3) is 0.133. The van der Waals surface area contributed by atoms with Gasteiger partial charge in [0, 0.05) is 16.4 Å². The number of ether oxygens (including phenoxy) is 1. The molecule has 2 aromatic rings. The highest BCUT2D eigenvalue weighted by molar-refractivity contribution is 6.35. The van der Waals surface area contributed by atoms with Crippen LogP contribution >= 0.6 is 23.2 Å². The summed E-state index contributed by atoms with van der Waals surface area (Å²) in [6, 6.07) is 12.4. The number of anilines is 3. The number of benzene rings is 2. The van der Waals surface area contributed by atoms with Crippen molar-refractivity contribution in [2.45, 2.75) is 6.92 Å². The highest BCUT2D eigenvalue weighted by Crippen LogP contribution is 2.28. The fourth-order valence-electron chi connectivity index (χ4n) is 1.67. The molecule has 0 unspecified atom stereocenters. The molecule has 0 saturated carbocycles. The normalized spacial score (nSPS) is 10.0. The Balaban J connectivity index is 2.05. The number of halogens is 2. The largest absolute Gasteiger partial charge is 0.450 e. The molecule has 2 rings (SSSR count). The number of amides is 1. The summed E-state index contributed by atoms with van der Waals surface area (Å²) in [4.78, 5) is 11.3. The van der Waals surface area contributed by atoms with Gasteiger partial charge < -0.3 is 10.1 Å². The van der Waals surface area contributed by atoms with Gasteiger partial charge >= 0.3 is 6.09 Å². The predicted molar refractivity (Wildman–Crippen MR) is 86.8 cm³/mol. The number of nitrogens with one attached hydrogen (secondary N) is 2. The molecule has 2 aromatic carbocycles. The van der Waals surface area contributed by atoms with Gasteiger partial charge in [-0.25, -0.2) is 4.79 Å². The smallest absolute Gasteiger partial charge is 0.411 e. The van der Waals surface area contributed by atoms with Crippen molar-refractivity contribution in [3.05, 3.63) is 52.5 Å².